The Morgan fingerprint density at radius 2 is 1.30 bits per heavy atom. The molecular formula is C12H26F3NO3S. The van der Waals surface area contributed by atoms with E-state index < -0.39 is 34.9 Å². The van der Waals surface area contributed by atoms with Gasteiger partial charge >= 0.3 is 0 Å². The minimum atomic E-state index is -4.81. The molecular weight excluding hydrogens is 295 g/mol. The van der Waals surface area contributed by atoms with Gasteiger partial charge < -0.3 is 9.04 Å². The fourth-order valence-corrected chi connectivity index (χ4v) is 2.34. The molecule has 0 fully saturated rings. The fourth-order valence-electron chi connectivity index (χ4n) is 1.74. The minimum absolute atomic E-state index is 1.28. The number of hydrogen-bond acceptors (Lipinski definition) is 3. The van der Waals surface area contributed by atoms with Gasteiger partial charge in [0.1, 0.15) is 12.8 Å². The third-order valence-electron chi connectivity index (χ3n) is 3.59. The molecule has 0 saturated carbocycles. The van der Waals surface area contributed by atoms with Crippen molar-refractivity contribution in [2.75, 3.05) is 38.6 Å². The molecule has 0 aliphatic carbocycles. The highest BCUT2D eigenvalue weighted by atomic mass is 32.2. The van der Waals surface area contributed by atoms with E-state index in [2.05, 4.69) is 27.7 Å². The molecule has 0 radical (unpaired) electrons. The molecule has 0 rings (SSSR count). The van der Waals surface area contributed by atoms with E-state index in [-0.39, 0.29) is 0 Å². The summed E-state index contributed by atoms with van der Waals surface area (Å²) in [5, 5.41) is 0. The Balaban J connectivity index is 0. The molecule has 20 heavy (non-hydrogen) atoms. The maximum Gasteiger partial charge on any atom is 0.160 e. The zero-order valence-corrected chi connectivity index (χ0v) is 13.4. The molecule has 0 bridgehead atoms. The van der Waals surface area contributed by atoms with Crippen molar-refractivity contribution < 1.29 is 30.6 Å². The van der Waals surface area contributed by atoms with Crippen LogP contribution in [0.2, 0.25) is 0 Å². The molecule has 2 unspecified atom stereocenters. The molecule has 0 heterocycles. The lowest BCUT2D eigenvalue weighted by atomic mass is 10.3. The zero-order chi connectivity index (χ0) is 16.4. The van der Waals surface area contributed by atoms with Crippen LogP contribution in [0.25, 0.3) is 0 Å². The van der Waals surface area contributed by atoms with E-state index in [1.165, 1.54) is 30.7 Å². The first-order valence-electron chi connectivity index (χ1n) is 6.74. The minimum Gasteiger partial charge on any atom is -0.748 e. The number of nitrogens with zero attached hydrogens (tertiary/aromatic N) is 1. The molecule has 0 aromatic carbocycles. The highest BCUT2D eigenvalue weighted by Gasteiger charge is 2.22. The second-order valence-electron chi connectivity index (χ2n) is 4.52. The summed E-state index contributed by atoms with van der Waals surface area (Å²) in [4.78, 5) is 0. The number of quaternary nitrogens is 1. The smallest absolute Gasteiger partial charge is 0.160 e. The fraction of sp³-hybridized carbons (Fsp3) is 1.00. The summed E-state index contributed by atoms with van der Waals surface area (Å²) in [6.45, 7) is 12.6. The summed E-state index contributed by atoms with van der Waals surface area (Å²) >= 11 is 0. The van der Waals surface area contributed by atoms with Crippen LogP contribution in [0.1, 0.15) is 27.7 Å². The van der Waals surface area contributed by atoms with Crippen molar-refractivity contribution in [2.45, 2.75) is 40.0 Å². The Bertz CT molecular complexity index is 317. The first kappa shape index (κ1) is 21.9. The van der Waals surface area contributed by atoms with E-state index in [9.17, 15) is 26.1 Å². The van der Waals surface area contributed by atoms with Crippen LogP contribution in [-0.2, 0) is 10.1 Å². The number of hydrogen-bond donors (Lipinski definition) is 0. The summed E-state index contributed by atoms with van der Waals surface area (Å²) in [6, 6.07) is 0. The Kier molecular flexibility index (Phi) is 11.4. The van der Waals surface area contributed by atoms with Gasteiger partial charge in [0, 0.05) is 0 Å². The highest BCUT2D eigenvalue weighted by molar-refractivity contribution is 7.85. The molecule has 2 atom stereocenters. The van der Waals surface area contributed by atoms with Gasteiger partial charge in [-0.1, -0.05) is 0 Å². The molecule has 0 aliphatic rings. The van der Waals surface area contributed by atoms with Crippen LogP contribution < -0.4 is 0 Å². The highest BCUT2D eigenvalue weighted by Crippen LogP contribution is 2.06. The molecule has 0 aliphatic heterocycles. The Morgan fingerprint density at radius 3 is 1.45 bits per heavy atom. The standard InChI is InChI=1S/C8H20N.C4H7F3O3S/c1-5-9(6-2,7-3)8-4;5-1-3(6)4(7)2-11(8,9)10/h5-8H2,1-4H3;3-4H,1-2H2,(H,8,9,10)/q+1;/p-1. The molecule has 8 heteroatoms. The maximum atomic E-state index is 12.1. The summed E-state index contributed by atoms with van der Waals surface area (Å²) in [5.41, 5.74) is 0. The van der Waals surface area contributed by atoms with Crippen LogP contribution >= 0.6 is 0 Å². The predicted octanol–water partition coefficient (Wildman–Crippen LogP) is 2.06. The van der Waals surface area contributed by atoms with E-state index in [4.69, 9.17) is 0 Å². The molecule has 0 amide bonds. The normalized spacial score (nSPS) is 15.2. The van der Waals surface area contributed by atoms with Crippen LogP contribution in [0.15, 0.2) is 0 Å². The van der Waals surface area contributed by atoms with Crippen LogP contribution in [0.4, 0.5) is 13.2 Å². The lowest BCUT2D eigenvalue weighted by molar-refractivity contribution is -0.921. The summed E-state index contributed by atoms with van der Waals surface area (Å²) < 4.78 is 65.9. The van der Waals surface area contributed by atoms with Crippen LogP contribution in [-0.4, -0.2) is 68.4 Å². The van der Waals surface area contributed by atoms with Gasteiger partial charge in [0.15, 0.2) is 6.17 Å². The van der Waals surface area contributed by atoms with Crippen molar-refractivity contribution in [3.8, 4) is 0 Å². The Hall–Kier alpha value is -0.340. The molecule has 0 spiro atoms. The van der Waals surface area contributed by atoms with Crippen LogP contribution in [0.3, 0.4) is 0 Å². The zero-order valence-electron chi connectivity index (χ0n) is 12.6. The van der Waals surface area contributed by atoms with Crippen molar-refractivity contribution in [3.63, 3.8) is 0 Å². The molecule has 0 N–H and O–H groups in total. The summed E-state index contributed by atoms with van der Waals surface area (Å²) in [5.74, 6) is -1.52. The van der Waals surface area contributed by atoms with Crippen LogP contribution in [0.5, 0.6) is 0 Å². The van der Waals surface area contributed by atoms with Gasteiger partial charge in [0.05, 0.1) is 42.1 Å². The average Bonchev–Trinajstić information content (AvgIpc) is 2.40. The van der Waals surface area contributed by atoms with Crippen molar-refractivity contribution >= 4 is 10.1 Å². The Labute approximate surface area is 120 Å². The van der Waals surface area contributed by atoms with E-state index in [0.717, 1.165) is 0 Å². The van der Waals surface area contributed by atoms with E-state index >= 15 is 0 Å². The van der Waals surface area contributed by atoms with Crippen molar-refractivity contribution in [1.82, 2.24) is 0 Å². The number of alkyl halides is 3. The molecule has 0 saturated heterocycles. The first-order chi connectivity index (χ1) is 9.11. The van der Waals surface area contributed by atoms with E-state index in [0.29, 0.717) is 0 Å². The second kappa shape index (κ2) is 10.4. The van der Waals surface area contributed by atoms with Gasteiger partial charge in [-0.2, -0.15) is 0 Å². The van der Waals surface area contributed by atoms with Crippen LogP contribution in [0, 0.1) is 0 Å². The molecule has 0 aromatic rings. The topological polar surface area (TPSA) is 57.2 Å². The average molecular weight is 321 g/mol. The monoisotopic (exact) mass is 321 g/mol. The van der Waals surface area contributed by atoms with E-state index in [1.807, 2.05) is 0 Å². The van der Waals surface area contributed by atoms with Gasteiger partial charge in [0.2, 0.25) is 0 Å². The van der Waals surface area contributed by atoms with Gasteiger partial charge in [-0.05, 0) is 27.7 Å². The number of halogens is 3. The SMILES string of the molecule is CC[N+](CC)(CC)CC.O=S(=O)([O-])CC(F)C(F)CF. The quantitative estimate of drug-likeness (QED) is 0.508. The summed E-state index contributed by atoms with van der Waals surface area (Å²) in [7, 11) is -4.81. The predicted molar refractivity (Wildman–Crippen MR) is 72.8 cm³/mol. The molecule has 0 aromatic heterocycles. The van der Waals surface area contributed by atoms with Gasteiger partial charge in [-0.3, -0.25) is 0 Å². The third-order valence-corrected chi connectivity index (χ3v) is 4.31. The molecule has 124 valence electrons. The largest absolute Gasteiger partial charge is 0.748 e. The van der Waals surface area contributed by atoms with Gasteiger partial charge in [-0.15, -0.1) is 0 Å². The lowest BCUT2D eigenvalue weighted by Gasteiger charge is -2.34. The lowest BCUT2D eigenvalue weighted by Crippen LogP contribution is -2.47. The van der Waals surface area contributed by atoms with Gasteiger partial charge in [0.25, 0.3) is 0 Å². The van der Waals surface area contributed by atoms with Crippen molar-refractivity contribution in [1.29, 1.82) is 0 Å². The molecule has 4 nitrogen and oxygen atoms in total. The van der Waals surface area contributed by atoms with Crippen molar-refractivity contribution in [3.05, 3.63) is 0 Å². The van der Waals surface area contributed by atoms with Gasteiger partial charge in [-0.25, -0.2) is 21.6 Å². The number of rotatable bonds is 8. The first-order valence-corrected chi connectivity index (χ1v) is 8.31. The maximum absolute atomic E-state index is 12.1. The summed E-state index contributed by atoms with van der Waals surface area (Å²) in [6.07, 6.45) is -5.10. The third kappa shape index (κ3) is 9.55. The second-order valence-corrected chi connectivity index (χ2v) is 5.97. The van der Waals surface area contributed by atoms with Crippen molar-refractivity contribution in [2.24, 2.45) is 0 Å². The van der Waals surface area contributed by atoms with E-state index in [1.54, 1.807) is 0 Å². The Morgan fingerprint density at radius 1 is 0.950 bits per heavy atom.